The van der Waals surface area contributed by atoms with Crippen LogP contribution in [0.5, 0.6) is 0 Å². The average molecular weight is 243 g/mol. The molecule has 0 saturated heterocycles. The van der Waals surface area contributed by atoms with Crippen molar-refractivity contribution in [3.05, 3.63) is 0 Å². The number of carboxylic acids is 1. The molecule has 1 unspecified atom stereocenters. The Morgan fingerprint density at radius 3 is 2.50 bits per heavy atom. The quantitative estimate of drug-likeness (QED) is 0.630. The van der Waals surface area contributed by atoms with Crippen LogP contribution in [0.1, 0.15) is 12.8 Å². The zero-order valence-corrected chi connectivity index (χ0v) is 9.01. The van der Waals surface area contributed by atoms with Gasteiger partial charge in [0.1, 0.15) is 0 Å². The van der Waals surface area contributed by atoms with Crippen molar-refractivity contribution in [2.45, 2.75) is 19.0 Å². The molecular weight excluding hydrogens is 227 g/mol. The molecule has 0 aromatic heterocycles. The first-order valence-corrected chi connectivity index (χ1v) is 4.88. The van der Waals surface area contributed by atoms with Gasteiger partial charge in [-0.2, -0.15) is 13.2 Å². The van der Waals surface area contributed by atoms with Gasteiger partial charge in [-0.15, -0.1) is 0 Å². The fraction of sp³-hybridized carbons (Fsp3) is 0.889. The molecule has 0 fully saturated rings. The molecule has 0 rings (SSSR count). The van der Waals surface area contributed by atoms with Crippen molar-refractivity contribution in [2.75, 3.05) is 26.8 Å². The second kappa shape index (κ2) is 7.45. The Hall–Kier alpha value is -0.820. The van der Waals surface area contributed by atoms with E-state index in [4.69, 9.17) is 9.84 Å². The first-order chi connectivity index (χ1) is 7.39. The van der Waals surface area contributed by atoms with Gasteiger partial charge in [-0.05, 0) is 19.4 Å². The molecular formula is C9H16F3NO3. The summed E-state index contributed by atoms with van der Waals surface area (Å²) >= 11 is 0. The molecule has 0 spiro atoms. The summed E-state index contributed by atoms with van der Waals surface area (Å²) < 4.78 is 41.2. The largest absolute Gasteiger partial charge is 0.481 e. The van der Waals surface area contributed by atoms with Gasteiger partial charge in [0.15, 0.2) is 5.92 Å². The molecule has 7 heteroatoms. The summed E-state index contributed by atoms with van der Waals surface area (Å²) in [5, 5.41) is 10.8. The van der Waals surface area contributed by atoms with E-state index in [1.54, 1.807) is 0 Å². The molecule has 0 radical (unpaired) electrons. The minimum Gasteiger partial charge on any atom is -0.481 e. The number of alkyl halides is 3. The highest BCUT2D eigenvalue weighted by molar-refractivity contribution is 5.71. The average Bonchev–Trinajstić information content (AvgIpc) is 2.13. The maximum Gasteiger partial charge on any atom is 0.403 e. The van der Waals surface area contributed by atoms with Crippen LogP contribution >= 0.6 is 0 Å². The van der Waals surface area contributed by atoms with E-state index in [-0.39, 0.29) is 0 Å². The van der Waals surface area contributed by atoms with Crippen LogP contribution in [0, 0.1) is 5.92 Å². The number of ether oxygens (including phenoxy) is 1. The monoisotopic (exact) mass is 243 g/mol. The maximum atomic E-state index is 12.2. The number of hydrogen-bond donors (Lipinski definition) is 2. The Labute approximate surface area is 91.8 Å². The third-order valence-corrected chi connectivity index (χ3v) is 1.99. The summed E-state index contributed by atoms with van der Waals surface area (Å²) in [7, 11) is 1.54. The van der Waals surface area contributed by atoms with E-state index in [9.17, 15) is 18.0 Å². The Bertz CT molecular complexity index is 209. The Balaban J connectivity index is 3.75. The van der Waals surface area contributed by atoms with E-state index < -0.39 is 24.6 Å². The topological polar surface area (TPSA) is 58.6 Å². The second-order valence-electron chi connectivity index (χ2n) is 3.34. The normalized spacial score (nSPS) is 13.8. The molecule has 4 nitrogen and oxygen atoms in total. The summed E-state index contributed by atoms with van der Waals surface area (Å²) in [4.78, 5) is 10.3. The lowest BCUT2D eigenvalue weighted by Crippen LogP contribution is -2.39. The molecule has 16 heavy (non-hydrogen) atoms. The number of methoxy groups -OCH3 is 1. The van der Waals surface area contributed by atoms with E-state index in [2.05, 4.69) is 5.32 Å². The molecule has 0 aliphatic heterocycles. The minimum atomic E-state index is -4.70. The summed E-state index contributed by atoms with van der Waals surface area (Å²) in [6.45, 7) is 0.304. The number of hydrogen-bond acceptors (Lipinski definition) is 3. The summed E-state index contributed by atoms with van der Waals surface area (Å²) in [6, 6.07) is 0. The number of nitrogens with one attached hydrogen (secondary N) is 1. The van der Waals surface area contributed by atoms with Gasteiger partial charge in [-0.25, -0.2) is 0 Å². The van der Waals surface area contributed by atoms with Crippen molar-refractivity contribution < 1.29 is 27.8 Å². The predicted molar refractivity (Wildman–Crippen MR) is 51.2 cm³/mol. The molecule has 0 saturated carbocycles. The van der Waals surface area contributed by atoms with Gasteiger partial charge in [0.2, 0.25) is 0 Å². The Kier molecular flexibility index (Phi) is 7.07. The van der Waals surface area contributed by atoms with Crippen molar-refractivity contribution >= 4 is 5.97 Å². The van der Waals surface area contributed by atoms with Crippen molar-refractivity contribution in [3.8, 4) is 0 Å². The van der Waals surface area contributed by atoms with Gasteiger partial charge < -0.3 is 15.2 Å². The molecule has 0 aromatic rings. The molecule has 0 amide bonds. The fourth-order valence-corrected chi connectivity index (χ4v) is 1.09. The SMILES string of the molecule is COCCCCNCC(C(=O)O)C(F)(F)F. The van der Waals surface area contributed by atoms with E-state index in [1.807, 2.05) is 0 Å². The van der Waals surface area contributed by atoms with E-state index in [0.717, 1.165) is 6.42 Å². The Morgan fingerprint density at radius 1 is 1.44 bits per heavy atom. The third kappa shape index (κ3) is 6.62. The van der Waals surface area contributed by atoms with Gasteiger partial charge in [-0.3, -0.25) is 4.79 Å². The highest BCUT2D eigenvalue weighted by Crippen LogP contribution is 2.25. The fourth-order valence-electron chi connectivity index (χ4n) is 1.09. The van der Waals surface area contributed by atoms with Crippen LogP contribution < -0.4 is 5.32 Å². The maximum absolute atomic E-state index is 12.2. The second-order valence-corrected chi connectivity index (χ2v) is 3.34. The molecule has 0 bridgehead atoms. The van der Waals surface area contributed by atoms with Crippen LogP contribution in [-0.2, 0) is 9.53 Å². The van der Waals surface area contributed by atoms with Crippen molar-refractivity contribution in [1.29, 1.82) is 0 Å². The van der Waals surface area contributed by atoms with Gasteiger partial charge in [0, 0.05) is 20.3 Å². The van der Waals surface area contributed by atoms with Crippen molar-refractivity contribution in [1.82, 2.24) is 5.32 Å². The molecule has 96 valence electrons. The van der Waals surface area contributed by atoms with Gasteiger partial charge in [0.25, 0.3) is 0 Å². The van der Waals surface area contributed by atoms with E-state index >= 15 is 0 Å². The first kappa shape index (κ1) is 15.2. The van der Waals surface area contributed by atoms with Gasteiger partial charge >= 0.3 is 12.1 Å². The number of carbonyl (C=O) groups is 1. The van der Waals surface area contributed by atoms with E-state index in [0.29, 0.717) is 19.6 Å². The number of aliphatic carboxylic acids is 1. The van der Waals surface area contributed by atoms with Gasteiger partial charge in [-0.1, -0.05) is 0 Å². The third-order valence-electron chi connectivity index (χ3n) is 1.99. The predicted octanol–water partition coefficient (Wildman–Crippen LogP) is 1.27. The zero-order chi connectivity index (χ0) is 12.6. The molecule has 0 aliphatic carbocycles. The lowest BCUT2D eigenvalue weighted by atomic mass is 10.1. The van der Waals surface area contributed by atoms with E-state index in [1.165, 1.54) is 7.11 Å². The minimum absolute atomic E-state index is 0.350. The number of unbranched alkanes of at least 4 members (excludes halogenated alkanes) is 1. The molecule has 0 aromatic carbocycles. The summed E-state index contributed by atoms with van der Waals surface area (Å²) in [6.07, 6.45) is -3.32. The Morgan fingerprint density at radius 2 is 2.06 bits per heavy atom. The van der Waals surface area contributed by atoms with Crippen LogP contribution in [-0.4, -0.2) is 44.1 Å². The van der Waals surface area contributed by atoms with Crippen LogP contribution in [0.25, 0.3) is 0 Å². The first-order valence-electron chi connectivity index (χ1n) is 4.88. The lowest BCUT2D eigenvalue weighted by Gasteiger charge is -2.16. The highest BCUT2D eigenvalue weighted by Gasteiger charge is 2.44. The van der Waals surface area contributed by atoms with Crippen LogP contribution in [0.2, 0.25) is 0 Å². The summed E-state index contributed by atoms with van der Waals surface area (Å²) in [5.74, 6) is -4.19. The van der Waals surface area contributed by atoms with Crippen LogP contribution in [0.15, 0.2) is 0 Å². The number of carboxylic acid groups (broad SMARTS) is 1. The molecule has 0 heterocycles. The molecule has 0 aliphatic rings. The van der Waals surface area contributed by atoms with Crippen molar-refractivity contribution in [2.24, 2.45) is 5.92 Å². The molecule has 2 N–H and O–H groups in total. The van der Waals surface area contributed by atoms with Crippen LogP contribution in [0.3, 0.4) is 0 Å². The summed E-state index contributed by atoms with van der Waals surface area (Å²) in [5.41, 5.74) is 0. The number of rotatable bonds is 8. The molecule has 1 atom stereocenters. The van der Waals surface area contributed by atoms with Crippen molar-refractivity contribution in [3.63, 3.8) is 0 Å². The van der Waals surface area contributed by atoms with Gasteiger partial charge in [0.05, 0.1) is 0 Å². The smallest absolute Gasteiger partial charge is 0.403 e. The highest BCUT2D eigenvalue weighted by atomic mass is 19.4. The standard InChI is InChI=1S/C9H16F3NO3/c1-16-5-3-2-4-13-6-7(8(14)15)9(10,11)12/h7,13H,2-6H2,1H3,(H,14,15). The number of halogens is 3. The van der Waals surface area contributed by atoms with Crippen LogP contribution in [0.4, 0.5) is 13.2 Å². The zero-order valence-electron chi connectivity index (χ0n) is 9.01. The lowest BCUT2D eigenvalue weighted by molar-refractivity contribution is -0.192.